The van der Waals surface area contributed by atoms with Gasteiger partial charge >= 0.3 is 0 Å². The monoisotopic (exact) mass is 377 g/mol. The molecule has 0 unspecified atom stereocenters. The van der Waals surface area contributed by atoms with Gasteiger partial charge in [0.25, 0.3) is 0 Å². The van der Waals surface area contributed by atoms with Crippen molar-refractivity contribution in [2.45, 2.75) is 26.3 Å². The zero-order valence-corrected chi connectivity index (χ0v) is 15.9. The lowest BCUT2D eigenvalue weighted by molar-refractivity contribution is -0.141. The average Bonchev–Trinajstić information content (AvgIpc) is 2.69. The van der Waals surface area contributed by atoms with E-state index in [1.807, 2.05) is 4.90 Å². The Hall–Kier alpha value is -1.99. The third kappa shape index (κ3) is 5.49. The second-order valence-electron chi connectivity index (χ2n) is 7.35. The van der Waals surface area contributed by atoms with Crippen LogP contribution >= 0.6 is 0 Å². The van der Waals surface area contributed by atoms with Crippen molar-refractivity contribution in [2.75, 3.05) is 45.9 Å². The van der Waals surface area contributed by atoms with E-state index < -0.39 is 0 Å². The maximum absolute atomic E-state index is 13.3. The Morgan fingerprint density at radius 1 is 1.19 bits per heavy atom. The first-order valence-electron chi connectivity index (χ1n) is 9.63. The van der Waals surface area contributed by atoms with E-state index in [0.717, 1.165) is 31.5 Å². The second kappa shape index (κ2) is 9.28. The van der Waals surface area contributed by atoms with Gasteiger partial charge in [0.1, 0.15) is 5.82 Å². The smallest absolute Gasteiger partial charge is 0.234 e. The number of nitrogens with zero attached hydrogens (tertiary/aromatic N) is 2. The SMILES string of the molecule is Cc1cc(CNC(=O)CN2CCC(C(=O)N3CCOCC3)CC2)ccc1F. The summed E-state index contributed by atoms with van der Waals surface area (Å²) in [4.78, 5) is 28.7. The second-order valence-corrected chi connectivity index (χ2v) is 7.35. The number of carbonyl (C=O) groups is 2. The molecule has 0 aromatic heterocycles. The molecule has 27 heavy (non-hydrogen) atoms. The molecule has 148 valence electrons. The van der Waals surface area contributed by atoms with E-state index >= 15 is 0 Å². The fraction of sp³-hybridized carbons (Fsp3) is 0.600. The molecule has 0 atom stereocenters. The number of likely N-dealkylation sites (tertiary alicyclic amines) is 1. The molecule has 0 radical (unpaired) electrons. The van der Waals surface area contributed by atoms with Gasteiger partial charge in [-0.05, 0) is 50.0 Å². The largest absolute Gasteiger partial charge is 0.378 e. The van der Waals surface area contributed by atoms with Crippen molar-refractivity contribution >= 4 is 11.8 Å². The predicted octanol–water partition coefficient (Wildman–Crippen LogP) is 1.32. The van der Waals surface area contributed by atoms with Crippen LogP contribution in [0.5, 0.6) is 0 Å². The number of piperidine rings is 1. The number of hydrogen-bond acceptors (Lipinski definition) is 4. The maximum Gasteiger partial charge on any atom is 0.234 e. The van der Waals surface area contributed by atoms with E-state index in [2.05, 4.69) is 10.2 Å². The van der Waals surface area contributed by atoms with E-state index in [9.17, 15) is 14.0 Å². The highest BCUT2D eigenvalue weighted by atomic mass is 19.1. The number of aryl methyl sites for hydroxylation is 1. The van der Waals surface area contributed by atoms with E-state index in [0.29, 0.717) is 45.0 Å². The summed E-state index contributed by atoms with van der Waals surface area (Å²) >= 11 is 0. The van der Waals surface area contributed by atoms with Gasteiger partial charge in [-0.3, -0.25) is 14.5 Å². The van der Waals surface area contributed by atoms with E-state index in [1.54, 1.807) is 19.1 Å². The lowest BCUT2D eigenvalue weighted by Gasteiger charge is -2.35. The van der Waals surface area contributed by atoms with Crippen LogP contribution in [0.15, 0.2) is 18.2 Å². The normalized spacial score (nSPS) is 19.1. The highest BCUT2D eigenvalue weighted by Gasteiger charge is 2.29. The third-order valence-corrected chi connectivity index (χ3v) is 5.34. The number of hydrogen-bond donors (Lipinski definition) is 1. The summed E-state index contributed by atoms with van der Waals surface area (Å²) in [7, 11) is 0. The van der Waals surface area contributed by atoms with Crippen LogP contribution in [0, 0.1) is 18.7 Å². The van der Waals surface area contributed by atoms with Gasteiger partial charge in [-0.25, -0.2) is 4.39 Å². The van der Waals surface area contributed by atoms with Crippen LogP contribution in [-0.4, -0.2) is 67.6 Å². The first kappa shape index (κ1) is 19.8. The lowest BCUT2D eigenvalue weighted by Crippen LogP contribution is -2.48. The van der Waals surface area contributed by atoms with Crippen molar-refractivity contribution < 1.29 is 18.7 Å². The molecular weight excluding hydrogens is 349 g/mol. The van der Waals surface area contributed by atoms with Gasteiger partial charge in [-0.15, -0.1) is 0 Å². The summed E-state index contributed by atoms with van der Waals surface area (Å²) < 4.78 is 18.6. The zero-order valence-electron chi connectivity index (χ0n) is 15.9. The minimum atomic E-state index is -0.237. The average molecular weight is 377 g/mol. The van der Waals surface area contributed by atoms with Gasteiger partial charge in [-0.2, -0.15) is 0 Å². The number of nitrogens with one attached hydrogen (secondary N) is 1. The van der Waals surface area contributed by atoms with Crippen LogP contribution in [-0.2, 0) is 20.9 Å². The molecular formula is C20H28FN3O3. The molecule has 2 aliphatic heterocycles. The molecule has 0 bridgehead atoms. The Morgan fingerprint density at radius 3 is 2.56 bits per heavy atom. The standard InChI is InChI=1S/C20H28FN3O3/c1-15-12-16(2-3-18(15)21)13-22-19(25)14-23-6-4-17(5-7-23)20(26)24-8-10-27-11-9-24/h2-3,12,17H,4-11,13-14H2,1H3,(H,22,25). The molecule has 2 aliphatic rings. The predicted molar refractivity (Wildman–Crippen MR) is 99.5 cm³/mol. The minimum Gasteiger partial charge on any atom is -0.378 e. The van der Waals surface area contributed by atoms with Gasteiger partial charge in [-0.1, -0.05) is 12.1 Å². The van der Waals surface area contributed by atoms with Gasteiger partial charge in [0, 0.05) is 25.6 Å². The Morgan fingerprint density at radius 2 is 1.89 bits per heavy atom. The molecule has 0 aliphatic carbocycles. The molecule has 2 fully saturated rings. The van der Waals surface area contributed by atoms with Gasteiger partial charge in [0.15, 0.2) is 0 Å². The van der Waals surface area contributed by atoms with Crippen molar-refractivity contribution in [3.8, 4) is 0 Å². The van der Waals surface area contributed by atoms with Crippen LogP contribution < -0.4 is 5.32 Å². The lowest BCUT2D eigenvalue weighted by atomic mass is 9.95. The van der Waals surface area contributed by atoms with Crippen LogP contribution in [0.1, 0.15) is 24.0 Å². The van der Waals surface area contributed by atoms with Crippen LogP contribution in [0.25, 0.3) is 0 Å². The minimum absolute atomic E-state index is 0.0464. The van der Waals surface area contributed by atoms with Crippen molar-refractivity contribution in [1.82, 2.24) is 15.1 Å². The van der Waals surface area contributed by atoms with E-state index in [4.69, 9.17) is 4.74 Å². The summed E-state index contributed by atoms with van der Waals surface area (Å²) in [5, 5.41) is 2.89. The third-order valence-electron chi connectivity index (χ3n) is 5.34. The zero-order chi connectivity index (χ0) is 19.2. The van der Waals surface area contributed by atoms with Crippen molar-refractivity contribution in [2.24, 2.45) is 5.92 Å². The fourth-order valence-electron chi connectivity index (χ4n) is 3.66. The molecule has 2 amide bonds. The first-order chi connectivity index (χ1) is 13.0. The molecule has 2 heterocycles. The topological polar surface area (TPSA) is 61.9 Å². The van der Waals surface area contributed by atoms with Crippen LogP contribution in [0.2, 0.25) is 0 Å². The molecule has 2 saturated heterocycles. The van der Waals surface area contributed by atoms with Gasteiger partial charge in [0.05, 0.1) is 19.8 Å². The summed E-state index contributed by atoms with van der Waals surface area (Å²) in [5.41, 5.74) is 1.46. The highest BCUT2D eigenvalue weighted by molar-refractivity contribution is 5.79. The fourth-order valence-corrected chi connectivity index (χ4v) is 3.66. The number of halogens is 1. The molecule has 0 spiro atoms. The number of ether oxygens (including phenoxy) is 1. The summed E-state index contributed by atoms with van der Waals surface area (Å²) in [6.07, 6.45) is 1.58. The molecule has 7 heteroatoms. The summed E-state index contributed by atoms with van der Waals surface area (Å²) in [5.74, 6) is 0.00758. The van der Waals surface area contributed by atoms with Crippen LogP contribution in [0.4, 0.5) is 4.39 Å². The Kier molecular flexibility index (Phi) is 6.79. The number of amides is 2. The molecule has 1 aromatic carbocycles. The highest BCUT2D eigenvalue weighted by Crippen LogP contribution is 2.20. The quantitative estimate of drug-likeness (QED) is 0.841. The summed E-state index contributed by atoms with van der Waals surface area (Å²) in [6, 6.07) is 4.86. The van der Waals surface area contributed by atoms with Crippen molar-refractivity contribution in [3.05, 3.63) is 35.1 Å². The number of benzene rings is 1. The van der Waals surface area contributed by atoms with Crippen LogP contribution in [0.3, 0.4) is 0 Å². The number of rotatable bonds is 5. The molecule has 1 aromatic rings. The summed E-state index contributed by atoms with van der Waals surface area (Å²) in [6.45, 7) is 6.56. The molecule has 1 N–H and O–H groups in total. The van der Waals surface area contributed by atoms with Crippen molar-refractivity contribution in [1.29, 1.82) is 0 Å². The van der Waals surface area contributed by atoms with E-state index in [-0.39, 0.29) is 23.5 Å². The maximum atomic E-state index is 13.3. The van der Waals surface area contributed by atoms with E-state index in [1.165, 1.54) is 6.07 Å². The first-order valence-corrected chi connectivity index (χ1v) is 9.63. The molecule has 0 saturated carbocycles. The molecule has 6 nitrogen and oxygen atoms in total. The Bertz CT molecular complexity index is 668. The Balaban J connectivity index is 1.38. The van der Waals surface area contributed by atoms with Gasteiger partial charge in [0.2, 0.25) is 11.8 Å². The Labute approximate surface area is 159 Å². The van der Waals surface area contributed by atoms with Crippen molar-refractivity contribution in [3.63, 3.8) is 0 Å². The number of carbonyl (C=O) groups excluding carboxylic acids is 2. The number of morpholine rings is 1. The van der Waals surface area contributed by atoms with Gasteiger partial charge < -0.3 is 15.0 Å². The molecule has 3 rings (SSSR count).